The Bertz CT molecular complexity index is 326. The Kier molecular flexibility index (Phi) is 3.52. The molecule has 3 nitrogen and oxygen atoms in total. The van der Waals surface area contributed by atoms with E-state index in [1.54, 1.807) is 0 Å². The van der Waals surface area contributed by atoms with E-state index in [0.717, 1.165) is 12.5 Å². The SMILES string of the molecule is CCC(Nc1ccnn1CC(C)C)C1CC1. The van der Waals surface area contributed by atoms with Crippen LogP contribution in [0, 0.1) is 11.8 Å². The van der Waals surface area contributed by atoms with Gasteiger partial charge in [-0.1, -0.05) is 20.8 Å². The van der Waals surface area contributed by atoms with E-state index in [2.05, 4.69) is 41.9 Å². The summed E-state index contributed by atoms with van der Waals surface area (Å²) in [5, 5.41) is 8.02. The van der Waals surface area contributed by atoms with Crippen molar-refractivity contribution in [2.45, 2.75) is 52.6 Å². The van der Waals surface area contributed by atoms with Crippen LogP contribution in [-0.4, -0.2) is 15.8 Å². The van der Waals surface area contributed by atoms with E-state index in [1.807, 2.05) is 6.20 Å². The lowest BCUT2D eigenvalue weighted by Crippen LogP contribution is -2.23. The van der Waals surface area contributed by atoms with Gasteiger partial charge in [-0.2, -0.15) is 5.10 Å². The molecule has 0 radical (unpaired) electrons. The Balaban J connectivity index is 1.99. The highest BCUT2D eigenvalue weighted by atomic mass is 15.3. The molecule has 0 bridgehead atoms. The van der Waals surface area contributed by atoms with Crippen LogP contribution in [0.4, 0.5) is 5.82 Å². The summed E-state index contributed by atoms with van der Waals surface area (Å²) in [7, 11) is 0. The first-order valence-corrected chi connectivity index (χ1v) is 6.49. The van der Waals surface area contributed by atoms with Crippen LogP contribution in [0.2, 0.25) is 0 Å². The zero-order valence-electron chi connectivity index (χ0n) is 10.6. The molecule has 1 fully saturated rings. The molecular weight excluding hydrogens is 198 g/mol. The first-order chi connectivity index (χ1) is 7.70. The third-order valence-electron chi connectivity index (χ3n) is 3.22. The topological polar surface area (TPSA) is 29.9 Å². The third-order valence-corrected chi connectivity index (χ3v) is 3.22. The van der Waals surface area contributed by atoms with E-state index in [9.17, 15) is 0 Å². The summed E-state index contributed by atoms with van der Waals surface area (Å²) in [4.78, 5) is 0. The standard InChI is InChI=1S/C13H23N3/c1-4-12(11-5-6-11)15-13-7-8-14-16(13)9-10(2)3/h7-8,10-12,15H,4-6,9H2,1-3H3. The van der Waals surface area contributed by atoms with Crippen molar-refractivity contribution in [1.29, 1.82) is 0 Å². The molecule has 1 unspecified atom stereocenters. The fourth-order valence-corrected chi connectivity index (χ4v) is 2.19. The average molecular weight is 221 g/mol. The highest BCUT2D eigenvalue weighted by Crippen LogP contribution is 2.35. The highest BCUT2D eigenvalue weighted by molar-refractivity contribution is 5.35. The second-order valence-electron chi connectivity index (χ2n) is 5.29. The lowest BCUT2D eigenvalue weighted by atomic mass is 10.1. The van der Waals surface area contributed by atoms with Gasteiger partial charge in [-0.25, -0.2) is 4.68 Å². The molecule has 0 saturated heterocycles. The van der Waals surface area contributed by atoms with Crippen LogP contribution in [0.3, 0.4) is 0 Å². The smallest absolute Gasteiger partial charge is 0.124 e. The number of rotatable bonds is 6. The number of anilines is 1. The number of hydrogen-bond donors (Lipinski definition) is 1. The van der Waals surface area contributed by atoms with Gasteiger partial charge in [0.1, 0.15) is 5.82 Å². The Hall–Kier alpha value is -0.990. The predicted octanol–water partition coefficient (Wildman–Crippen LogP) is 3.14. The van der Waals surface area contributed by atoms with Gasteiger partial charge in [0.25, 0.3) is 0 Å². The molecule has 3 heteroatoms. The van der Waals surface area contributed by atoms with E-state index in [-0.39, 0.29) is 0 Å². The maximum absolute atomic E-state index is 4.38. The Morgan fingerprint density at radius 3 is 2.81 bits per heavy atom. The van der Waals surface area contributed by atoms with Crippen molar-refractivity contribution in [3.8, 4) is 0 Å². The van der Waals surface area contributed by atoms with Crippen molar-refractivity contribution >= 4 is 5.82 Å². The van der Waals surface area contributed by atoms with Gasteiger partial charge >= 0.3 is 0 Å². The van der Waals surface area contributed by atoms with E-state index >= 15 is 0 Å². The highest BCUT2D eigenvalue weighted by Gasteiger charge is 2.30. The summed E-state index contributed by atoms with van der Waals surface area (Å²) >= 11 is 0. The second kappa shape index (κ2) is 4.89. The normalized spacial score (nSPS) is 17.8. The minimum atomic E-state index is 0.640. The minimum absolute atomic E-state index is 0.640. The van der Waals surface area contributed by atoms with Gasteiger partial charge in [0, 0.05) is 18.7 Å². The monoisotopic (exact) mass is 221 g/mol. The fourth-order valence-electron chi connectivity index (χ4n) is 2.19. The van der Waals surface area contributed by atoms with Crippen molar-refractivity contribution in [1.82, 2.24) is 9.78 Å². The van der Waals surface area contributed by atoms with Crippen LogP contribution in [0.15, 0.2) is 12.3 Å². The zero-order valence-corrected chi connectivity index (χ0v) is 10.6. The number of hydrogen-bond acceptors (Lipinski definition) is 2. The van der Waals surface area contributed by atoms with E-state index < -0.39 is 0 Å². The minimum Gasteiger partial charge on any atom is -0.367 e. The van der Waals surface area contributed by atoms with Gasteiger partial charge in [0.05, 0.1) is 6.20 Å². The number of aromatic nitrogens is 2. The first-order valence-electron chi connectivity index (χ1n) is 6.49. The summed E-state index contributed by atoms with van der Waals surface area (Å²) in [6.07, 6.45) is 5.88. The molecule has 0 amide bonds. The summed E-state index contributed by atoms with van der Waals surface area (Å²) in [6, 6.07) is 2.73. The van der Waals surface area contributed by atoms with Gasteiger partial charge in [-0.3, -0.25) is 0 Å². The molecule has 90 valence electrons. The molecule has 2 rings (SSSR count). The van der Waals surface area contributed by atoms with Crippen LogP contribution in [-0.2, 0) is 6.54 Å². The van der Waals surface area contributed by atoms with Gasteiger partial charge in [-0.15, -0.1) is 0 Å². The molecule has 1 aliphatic carbocycles. The Labute approximate surface area is 98.2 Å². The van der Waals surface area contributed by atoms with Crippen molar-refractivity contribution in [3.63, 3.8) is 0 Å². The Morgan fingerprint density at radius 2 is 2.25 bits per heavy atom. The third kappa shape index (κ3) is 2.77. The van der Waals surface area contributed by atoms with E-state index in [1.165, 1.54) is 25.1 Å². The maximum atomic E-state index is 4.38. The van der Waals surface area contributed by atoms with Crippen molar-refractivity contribution in [3.05, 3.63) is 12.3 Å². The van der Waals surface area contributed by atoms with E-state index in [0.29, 0.717) is 12.0 Å². The molecule has 1 aromatic heterocycles. The summed E-state index contributed by atoms with van der Waals surface area (Å²) in [5.41, 5.74) is 0. The van der Waals surface area contributed by atoms with Crippen LogP contribution in [0.5, 0.6) is 0 Å². The summed E-state index contributed by atoms with van der Waals surface area (Å²) in [5.74, 6) is 2.72. The quantitative estimate of drug-likeness (QED) is 0.799. The summed E-state index contributed by atoms with van der Waals surface area (Å²) in [6.45, 7) is 7.71. The molecule has 1 saturated carbocycles. The van der Waals surface area contributed by atoms with E-state index in [4.69, 9.17) is 0 Å². The van der Waals surface area contributed by atoms with Crippen molar-refractivity contribution in [2.75, 3.05) is 5.32 Å². The van der Waals surface area contributed by atoms with Crippen molar-refractivity contribution < 1.29 is 0 Å². The van der Waals surface area contributed by atoms with Gasteiger partial charge in [0.15, 0.2) is 0 Å². The van der Waals surface area contributed by atoms with Crippen LogP contribution in [0.1, 0.15) is 40.0 Å². The molecule has 0 aromatic carbocycles. The first kappa shape index (κ1) is 11.5. The van der Waals surface area contributed by atoms with Gasteiger partial charge < -0.3 is 5.32 Å². The molecule has 16 heavy (non-hydrogen) atoms. The van der Waals surface area contributed by atoms with Gasteiger partial charge in [0.2, 0.25) is 0 Å². The maximum Gasteiger partial charge on any atom is 0.124 e. The molecule has 1 atom stereocenters. The molecule has 0 aliphatic heterocycles. The molecule has 1 N–H and O–H groups in total. The summed E-state index contributed by atoms with van der Waals surface area (Å²) < 4.78 is 2.09. The Morgan fingerprint density at radius 1 is 1.50 bits per heavy atom. The van der Waals surface area contributed by atoms with Crippen LogP contribution in [0.25, 0.3) is 0 Å². The van der Waals surface area contributed by atoms with Crippen molar-refractivity contribution in [2.24, 2.45) is 11.8 Å². The van der Waals surface area contributed by atoms with Gasteiger partial charge in [-0.05, 0) is 31.1 Å². The molecule has 1 heterocycles. The zero-order chi connectivity index (χ0) is 11.5. The predicted molar refractivity (Wildman–Crippen MR) is 67.5 cm³/mol. The van der Waals surface area contributed by atoms with Crippen LogP contribution < -0.4 is 5.32 Å². The second-order valence-corrected chi connectivity index (χ2v) is 5.29. The molecule has 1 aromatic rings. The average Bonchev–Trinajstić information content (AvgIpc) is 2.98. The molecule has 1 aliphatic rings. The largest absolute Gasteiger partial charge is 0.367 e. The lowest BCUT2D eigenvalue weighted by molar-refractivity contribution is 0.482. The molecule has 0 spiro atoms. The lowest BCUT2D eigenvalue weighted by Gasteiger charge is -2.19. The molecular formula is C13H23N3. The number of nitrogens with one attached hydrogen (secondary N) is 1. The fraction of sp³-hybridized carbons (Fsp3) is 0.769. The van der Waals surface area contributed by atoms with Crippen LogP contribution >= 0.6 is 0 Å². The number of nitrogens with zero attached hydrogens (tertiary/aromatic N) is 2.